The summed E-state index contributed by atoms with van der Waals surface area (Å²) in [5, 5.41) is 13.6. The Hall–Kier alpha value is -0.830. The molecule has 66 valence electrons. The summed E-state index contributed by atoms with van der Waals surface area (Å²) in [6, 6.07) is 0. The van der Waals surface area contributed by atoms with Crippen LogP contribution in [0.4, 0.5) is 0 Å². The van der Waals surface area contributed by atoms with Gasteiger partial charge in [0.25, 0.3) is 0 Å². The molecule has 0 amide bonds. The molecule has 0 saturated carbocycles. The van der Waals surface area contributed by atoms with E-state index in [2.05, 4.69) is 12.0 Å². The fraction of sp³-hybridized carbons (Fsp3) is 0.667. The highest BCUT2D eigenvalue weighted by Crippen LogP contribution is 2.24. The van der Waals surface area contributed by atoms with Gasteiger partial charge in [-0.2, -0.15) is 5.10 Å². The summed E-state index contributed by atoms with van der Waals surface area (Å²) in [6.07, 6.45) is 3.40. The highest BCUT2D eigenvalue weighted by Gasteiger charge is 2.20. The van der Waals surface area contributed by atoms with Gasteiger partial charge in [0.1, 0.15) is 0 Å². The second-order valence-electron chi connectivity index (χ2n) is 3.20. The van der Waals surface area contributed by atoms with Crippen LogP contribution >= 0.6 is 0 Å². The van der Waals surface area contributed by atoms with Gasteiger partial charge in [-0.25, -0.2) is 0 Å². The number of nitrogens with zero attached hydrogens (tertiary/aromatic N) is 2. The Labute approximate surface area is 72.0 Å². The summed E-state index contributed by atoms with van der Waals surface area (Å²) < 4.78 is 1.92. The van der Waals surface area contributed by atoms with Crippen LogP contribution < -0.4 is 0 Å². The maximum atomic E-state index is 9.14. The number of hydrogen-bond acceptors (Lipinski definition) is 2. The number of fused-ring (bicyclic) bond motifs is 1. The van der Waals surface area contributed by atoms with Crippen molar-refractivity contribution >= 4 is 0 Å². The lowest BCUT2D eigenvalue weighted by molar-refractivity contribution is 0.267. The molecule has 3 nitrogen and oxygen atoms in total. The first-order valence-corrected chi connectivity index (χ1v) is 4.55. The first-order chi connectivity index (χ1) is 5.86. The number of aliphatic hydroxyl groups excluding tert-OH is 1. The Morgan fingerprint density at radius 1 is 1.50 bits per heavy atom. The predicted molar refractivity (Wildman–Crippen MR) is 45.8 cm³/mol. The van der Waals surface area contributed by atoms with Crippen LogP contribution in [-0.4, -0.2) is 14.9 Å². The van der Waals surface area contributed by atoms with Crippen molar-refractivity contribution in [1.29, 1.82) is 0 Å². The third kappa shape index (κ3) is 0.966. The van der Waals surface area contributed by atoms with E-state index in [0.29, 0.717) is 0 Å². The van der Waals surface area contributed by atoms with Crippen molar-refractivity contribution in [2.24, 2.45) is 0 Å². The van der Waals surface area contributed by atoms with Crippen molar-refractivity contribution < 1.29 is 5.11 Å². The number of aryl methyl sites for hydroxylation is 2. The molecule has 1 aliphatic carbocycles. The second-order valence-corrected chi connectivity index (χ2v) is 3.20. The molecular formula is C9H14N2O. The normalized spacial score (nSPS) is 15.2. The Balaban J connectivity index is 2.46. The first kappa shape index (κ1) is 7.80. The summed E-state index contributed by atoms with van der Waals surface area (Å²) >= 11 is 0. The molecule has 0 saturated heterocycles. The molecule has 1 heterocycles. The molecular weight excluding hydrogens is 152 g/mol. The third-order valence-electron chi connectivity index (χ3n) is 2.54. The summed E-state index contributed by atoms with van der Waals surface area (Å²) in [6.45, 7) is 3.06. The van der Waals surface area contributed by atoms with Crippen LogP contribution in [0.25, 0.3) is 0 Å². The Bertz CT molecular complexity index is 291. The highest BCUT2D eigenvalue weighted by atomic mass is 16.3. The number of aliphatic hydroxyl groups is 1. The third-order valence-corrected chi connectivity index (χ3v) is 2.54. The van der Waals surface area contributed by atoms with E-state index in [9.17, 15) is 0 Å². The molecule has 1 aromatic heterocycles. The van der Waals surface area contributed by atoms with Crippen molar-refractivity contribution in [3.63, 3.8) is 0 Å². The quantitative estimate of drug-likeness (QED) is 0.708. The van der Waals surface area contributed by atoms with Gasteiger partial charge in [0, 0.05) is 6.54 Å². The fourth-order valence-electron chi connectivity index (χ4n) is 1.95. The van der Waals surface area contributed by atoms with Crippen molar-refractivity contribution in [3.8, 4) is 0 Å². The van der Waals surface area contributed by atoms with Gasteiger partial charge in [-0.1, -0.05) is 0 Å². The molecule has 1 N–H and O–H groups in total. The molecule has 0 spiro atoms. The van der Waals surface area contributed by atoms with Crippen LogP contribution in [-0.2, 0) is 26.0 Å². The van der Waals surface area contributed by atoms with Crippen LogP contribution in [0.1, 0.15) is 30.3 Å². The summed E-state index contributed by atoms with van der Waals surface area (Å²) in [7, 11) is 0. The summed E-state index contributed by atoms with van der Waals surface area (Å²) in [5.41, 5.74) is 3.55. The average Bonchev–Trinajstić information content (AvgIpc) is 2.61. The van der Waals surface area contributed by atoms with Crippen molar-refractivity contribution in [1.82, 2.24) is 9.78 Å². The fourth-order valence-corrected chi connectivity index (χ4v) is 1.95. The lowest BCUT2D eigenvalue weighted by atomic mass is 10.2. The highest BCUT2D eigenvalue weighted by molar-refractivity contribution is 5.30. The van der Waals surface area contributed by atoms with E-state index in [4.69, 9.17) is 5.11 Å². The molecule has 0 aromatic carbocycles. The van der Waals surface area contributed by atoms with Crippen LogP contribution in [0.2, 0.25) is 0 Å². The lowest BCUT2D eigenvalue weighted by Crippen LogP contribution is -2.04. The number of aromatic nitrogens is 2. The summed E-state index contributed by atoms with van der Waals surface area (Å²) in [5.74, 6) is 0. The minimum absolute atomic E-state index is 0.135. The number of hydrogen-bond donors (Lipinski definition) is 1. The van der Waals surface area contributed by atoms with Gasteiger partial charge in [0.2, 0.25) is 0 Å². The molecule has 0 aliphatic heterocycles. The van der Waals surface area contributed by atoms with Gasteiger partial charge in [0.05, 0.1) is 18.0 Å². The van der Waals surface area contributed by atoms with Crippen LogP contribution in [0.5, 0.6) is 0 Å². The topological polar surface area (TPSA) is 38.0 Å². The molecule has 0 fully saturated rings. The zero-order valence-electron chi connectivity index (χ0n) is 7.38. The molecule has 0 unspecified atom stereocenters. The smallest absolute Gasteiger partial charge is 0.0852 e. The molecule has 1 aliphatic rings. The van der Waals surface area contributed by atoms with E-state index in [1.54, 1.807) is 0 Å². The van der Waals surface area contributed by atoms with Crippen molar-refractivity contribution in [2.75, 3.05) is 0 Å². The van der Waals surface area contributed by atoms with Gasteiger partial charge < -0.3 is 5.11 Å². The Morgan fingerprint density at radius 3 is 3.00 bits per heavy atom. The van der Waals surface area contributed by atoms with Crippen LogP contribution in [0.15, 0.2) is 0 Å². The Kier molecular flexibility index (Phi) is 1.89. The van der Waals surface area contributed by atoms with Gasteiger partial charge in [-0.15, -0.1) is 0 Å². The number of rotatable bonds is 2. The SMILES string of the molecule is CCn1nc2c(c1CO)CCC2. The minimum Gasteiger partial charge on any atom is -0.390 e. The molecule has 3 heteroatoms. The lowest BCUT2D eigenvalue weighted by Gasteiger charge is -2.02. The summed E-state index contributed by atoms with van der Waals surface area (Å²) in [4.78, 5) is 0. The van der Waals surface area contributed by atoms with E-state index < -0.39 is 0 Å². The average molecular weight is 166 g/mol. The van der Waals surface area contributed by atoms with E-state index >= 15 is 0 Å². The second kappa shape index (κ2) is 2.90. The van der Waals surface area contributed by atoms with E-state index in [1.165, 1.54) is 17.7 Å². The zero-order valence-corrected chi connectivity index (χ0v) is 7.38. The van der Waals surface area contributed by atoms with Crippen molar-refractivity contribution in [3.05, 3.63) is 17.0 Å². The monoisotopic (exact) mass is 166 g/mol. The van der Waals surface area contributed by atoms with Gasteiger partial charge in [-0.3, -0.25) is 4.68 Å². The maximum absolute atomic E-state index is 9.14. The Morgan fingerprint density at radius 2 is 2.33 bits per heavy atom. The van der Waals surface area contributed by atoms with E-state index in [-0.39, 0.29) is 6.61 Å². The molecule has 0 atom stereocenters. The molecule has 1 aromatic rings. The predicted octanol–water partition coefficient (Wildman–Crippen LogP) is 0.884. The van der Waals surface area contributed by atoms with Gasteiger partial charge in [0.15, 0.2) is 0 Å². The standard InChI is InChI=1S/C9H14N2O/c1-2-11-9(6-12)7-4-3-5-8(7)10-11/h12H,2-6H2,1H3. The minimum atomic E-state index is 0.135. The molecule has 2 rings (SSSR count). The van der Waals surface area contributed by atoms with E-state index in [0.717, 1.165) is 25.1 Å². The van der Waals surface area contributed by atoms with Crippen LogP contribution in [0, 0.1) is 0 Å². The van der Waals surface area contributed by atoms with E-state index in [1.807, 2.05) is 4.68 Å². The van der Waals surface area contributed by atoms with Crippen molar-refractivity contribution in [2.45, 2.75) is 39.3 Å². The molecule has 0 bridgehead atoms. The molecule has 12 heavy (non-hydrogen) atoms. The van der Waals surface area contributed by atoms with Crippen LogP contribution in [0.3, 0.4) is 0 Å². The first-order valence-electron chi connectivity index (χ1n) is 4.55. The van der Waals surface area contributed by atoms with Gasteiger partial charge in [-0.05, 0) is 31.7 Å². The maximum Gasteiger partial charge on any atom is 0.0852 e. The van der Waals surface area contributed by atoms with Gasteiger partial charge >= 0.3 is 0 Å². The largest absolute Gasteiger partial charge is 0.390 e. The zero-order chi connectivity index (χ0) is 8.55. The molecule has 0 radical (unpaired) electrons.